The summed E-state index contributed by atoms with van der Waals surface area (Å²) in [6.07, 6.45) is 2.83. The van der Waals surface area contributed by atoms with E-state index in [9.17, 15) is 18.4 Å². The van der Waals surface area contributed by atoms with Gasteiger partial charge in [0.25, 0.3) is 5.91 Å². The SMILES string of the molecule is CC(=O)c1cc(C(=O)N2CC[C@@]3(CCCN(Cc4cccc(F)c4F)C3)C2)[nH]n1. The van der Waals surface area contributed by atoms with E-state index >= 15 is 0 Å². The largest absolute Gasteiger partial charge is 0.337 e. The van der Waals surface area contributed by atoms with Crippen molar-refractivity contribution in [2.75, 3.05) is 26.2 Å². The molecule has 1 N–H and O–H groups in total. The summed E-state index contributed by atoms with van der Waals surface area (Å²) in [7, 11) is 0. The van der Waals surface area contributed by atoms with Crippen LogP contribution >= 0.6 is 0 Å². The van der Waals surface area contributed by atoms with E-state index in [4.69, 9.17) is 0 Å². The molecule has 0 unspecified atom stereocenters. The summed E-state index contributed by atoms with van der Waals surface area (Å²) < 4.78 is 27.6. The molecule has 2 aromatic rings. The lowest BCUT2D eigenvalue weighted by Gasteiger charge is -2.40. The second-order valence-corrected chi connectivity index (χ2v) is 8.23. The third kappa shape index (κ3) is 3.94. The molecule has 2 saturated heterocycles. The van der Waals surface area contributed by atoms with Gasteiger partial charge in [0.1, 0.15) is 11.4 Å². The summed E-state index contributed by atoms with van der Waals surface area (Å²) in [6, 6.07) is 5.78. The molecule has 3 heterocycles. The number of nitrogens with zero attached hydrogens (tertiary/aromatic N) is 3. The van der Waals surface area contributed by atoms with Crippen molar-refractivity contribution in [3.05, 3.63) is 52.9 Å². The van der Waals surface area contributed by atoms with Crippen LogP contribution in [0.2, 0.25) is 0 Å². The van der Waals surface area contributed by atoms with Crippen LogP contribution in [0.3, 0.4) is 0 Å². The van der Waals surface area contributed by atoms with Crippen LogP contribution in [-0.2, 0) is 6.54 Å². The van der Waals surface area contributed by atoms with E-state index in [1.807, 2.05) is 0 Å². The molecule has 2 aliphatic heterocycles. The van der Waals surface area contributed by atoms with Crippen molar-refractivity contribution in [1.82, 2.24) is 20.0 Å². The number of likely N-dealkylation sites (tertiary alicyclic amines) is 2. The van der Waals surface area contributed by atoms with E-state index in [0.29, 0.717) is 30.9 Å². The quantitative estimate of drug-likeness (QED) is 0.799. The summed E-state index contributed by atoms with van der Waals surface area (Å²) in [5, 5.41) is 6.55. The number of nitrogens with one attached hydrogen (secondary N) is 1. The summed E-state index contributed by atoms with van der Waals surface area (Å²) in [5.74, 6) is -1.95. The molecule has 6 nitrogen and oxygen atoms in total. The van der Waals surface area contributed by atoms with E-state index in [0.717, 1.165) is 38.4 Å². The Morgan fingerprint density at radius 3 is 2.79 bits per heavy atom. The minimum Gasteiger partial charge on any atom is -0.337 e. The van der Waals surface area contributed by atoms with Crippen LogP contribution in [-0.4, -0.2) is 57.9 Å². The second kappa shape index (κ2) is 7.67. The number of ketones is 1. The minimum absolute atomic E-state index is 0.0405. The van der Waals surface area contributed by atoms with Crippen molar-refractivity contribution in [3.8, 4) is 0 Å². The number of carbonyl (C=O) groups is 2. The molecule has 8 heteroatoms. The van der Waals surface area contributed by atoms with Gasteiger partial charge in [0.15, 0.2) is 17.4 Å². The highest BCUT2D eigenvalue weighted by molar-refractivity contribution is 5.97. The van der Waals surface area contributed by atoms with Crippen LogP contribution in [0.1, 0.15) is 52.7 Å². The highest BCUT2D eigenvalue weighted by Crippen LogP contribution is 2.39. The second-order valence-electron chi connectivity index (χ2n) is 8.23. The van der Waals surface area contributed by atoms with E-state index < -0.39 is 11.6 Å². The van der Waals surface area contributed by atoms with Gasteiger partial charge in [-0.25, -0.2) is 8.78 Å². The Morgan fingerprint density at radius 1 is 1.21 bits per heavy atom. The predicted octanol–water partition coefficient (Wildman–Crippen LogP) is 3.02. The van der Waals surface area contributed by atoms with Gasteiger partial charge in [0, 0.05) is 44.1 Å². The summed E-state index contributed by atoms with van der Waals surface area (Å²) in [6.45, 7) is 4.59. The number of aromatic amines is 1. The molecule has 0 aliphatic carbocycles. The number of hydrogen-bond donors (Lipinski definition) is 1. The van der Waals surface area contributed by atoms with Gasteiger partial charge in [-0.05, 0) is 37.9 Å². The highest BCUT2D eigenvalue weighted by atomic mass is 19.2. The first kappa shape index (κ1) is 19.7. The zero-order chi connectivity index (χ0) is 20.6. The average molecular weight is 402 g/mol. The van der Waals surface area contributed by atoms with Gasteiger partial charge < -0.3 is 4.90 Å². The average Bonchev–Trinajstić information content (AvgIpc) is 3.33. The molecule has 0 bridgehead atoms. The molecule has 154 valence electrons. The molecule has 1 atom stereocenters. The third-order valence-electron chi connectivity index (χ3n) is 6.06. The Labute approximate surface area is 167 Å². The number of carbonyl (C=O) groups excluding carboxylic acids is 2. The molecule has 0 saturated carbocycles. The summed E-state index contributed by atoms with van der Waals surface area (Å²) in [4.78, 5) is 28.2. The number of piperidine rings is 1. The summed E-state index contributed by atoms with van der Waals surface area (Å²) in [5.41, 5.74) is 0.897. The van der Waals surface area contributed by atoms with Gasteiger partial charge in [-0.1, -0.05) is 12.1 Å². The molecule has 4 rings (SSSR count). The maximum Gasteiger partial charge on any atom is 0.271 e. The van der Waals surface area contributed by atoms with Gasteiger partial charge in [-0.3, -0.25) is 19.6 Å². The van der Waals surface area contributed by atoms with Crippen LogP contribution in [0.25, 0.3) is 0 Å². The monoisotopic (exact) mass is 402 g/mol. The number of rotatable bonds is 4. The number of benzene rings is 1. The lowest BCUT2D eigenvalue weighted by atomic mass is 9.79. The third-order valence-corrected chi connectivity index (χ3v) is 6.06. The van der Waals surface area contributed by atoms with Gasteiger partial charge in [-0.15, -0.1) is 0 Å². The molecule has 2 fully saturated rings. The van der Waals surface area contributed by atoms with Crippen molar-refractivity contribution in [2.24, 2.45) is 5.41 Å². The lowest BCUT2D eigenvalue weighted by Crippen LogP contribution is -2.45. The number of amides is 1. The first-order valence-corrected chi connectivity index (χ1v) is 9.88. The molecule has 1 amide bonds. The Balaban J connectivity index is 1.43. The Bertz CT molecular complexity index is 945. The summed E-state index contributed by atoms with van der Waals surface area (Å²) >= 11 is 0. The van der Waals surface area contributed by atoms with Crippen LogP contribution < -0.4 is 0 Å². The Morgan fingerprint density at radius 2 is 2.03 bits per heavy atom. The Hall–Kier alpha value is -2.61. The van der Waals surface area contributed by atoms with Crippen molar-refractivity contribution in [2.45, 2.75) is 32.7 Å². The van der Waals surface area contributed by atoms with Crippen LogP contribution in [0, 0.1) is 17.0 Å². The molecule has 1 aromatic carbocycles. The van der Waals surface area contributed by atoms with E-state index in [1.54, 1.807) is 11.0 Å². The van der Waals surface area contributed by atoms with Crippen molar-refractivity contribution >= 4 is 11.7 Å². The zero-order valence-corrected chi connectivity index (χ0v) is 16.4. The van der Waals surface area contributed by atoms with E-state index in [2.05, 4.69) is 15.1 Å². The first-order valence-electron chi connectivity index (χ1n) is 9.88. The molecular weight excluding hydrogens is 378 g/mol. The standard InChI is InChI=1S/C21H24F2N4O2/c1-14(28)17-10-18(25-24-17)20(29)27-9-7-21(13-27)6-3-8-26(12-21)11-15-4-2-5-16(22)19(15)23/h2,4-5,10H,3,6-9,11-13H2,1H3,(H,24,25)/t21-/m1/s1. The fourth-order valence-corrected chi connectivity index (χ4v) is 4.58. The van der Waals surface area contributed by atoms with Crippen molar-refractivity contribution < 1.29 is 18.4 Å². The topological polar surface area (TPSA) is 69.3 Å². The number of Topliss-reactive ketones (excluding diaryl/α,β-unsaturated/α-hetero) is 1. The molecule has 0 radical (unpaired) electrons. The molecule has 2 aliphatic rings. The van der Waals surface area contributed by atoms with Crippen molar-refractivity contribution in [1.29, 1.82) is 0 Å². The van der Waals surface area contributed by atoms with Crippen LogP contribution in [0.15, 0.2) is 24.3 Å². The zero-order valence-electron chi connectivity index (χ0n) is 16.4. The number of aromatic nitrogens is 2. The smallest absolute Gasteiger partial charge is 0.271 e. The highest BCUT2D eigenvalue weighted by Gasteiger charge is 2.43. The van der Waals surface area contributed by atoms with Crippen molar-refractivity contribution in [3.63, 3.8) is 0 Å². The molecular formula is C21H24F2N4O2. The first-order chi connectivity index (χ1) is 13.9. The van der Waals surface area contributed by atoms with Gasteiger partial charge >= 0.3 is 0 Å². The molecule has 1 spiro atoms. The number of hydrogen-bond acceptors (Lipinski definition) is 4. The fraction of sp³-hybridized carbons (Fsp3) is 0.476. The van der Waals surface area contributed by atoms with Crippen LogP contribution in [0.4, 0.5) is 8.78 Å². The number of halogens is 2. The predicted molar refractivity (Wildman–Crippen MR) is 102 cm³/mol. The minimum atomic E-state index is -0.823. The van der Waals surface area contributed by atoms with Gasteiger partial charge in [0.2, 0.25) is 0 Å². The lowest BCUT2D eigenvalue weighted by molar-refractivity contribution is 0.0668. The normalized spacial score (nSPS) is 22.4. The molecule has 29 heavy (non-hydrogen) atoms. The number of H-pyrrole nitrogens is 1. The Kier molecular flexibility index (Phi) is 5.21. The maximum absolute atomic E-state index is 14.1. The van der Waals surface area contributed by atoms with Crippen LogP contribution in [0.5, 0.6) is 0 Å². The van der Waals surface area contributed by atoms with E-state index in [1.165, 1.54) is 19.1 Å². The van der Waals surface area contributed by atoms with E-state index in [-0.39, 0.29) is 22.8 Å². The maximum atomic E-state index is 14.1. The van der Waals surface area contributed by atoms with Gasteiger partial charge in [0.05, 0.1) is 0 Å². The fourth-order valence-electron chi connectivity index (χ4n) is 4.58. The van der Waals surface area contributed by atoms with Gasteiger partial charge in [-0.2, -0.15) is 5.10 Å². The molecule has 1 aromatic heterocycles.